The van der Waals surface area contributed by atoms with Crippen LogP contribution in [0, 0.1) is 6.07 Å². The second kappa shape index (κ2) is 3.69. The molecule has 15 heavy (non-hydrogen) atoms. The summed E-state index contributed by atoms with van der Waals surface area (Å²) < 4.78 is 0. The van der Waals surface area contributed by atoms with E-state index in [2.05, 4.69) is 22.1 Å². The van der Waals surface area contributed by atoms with E-state index in [1.54, 1.807) is 0 Å². The van der Waals surface area contributed by atoms with Gasteiger partial charge in [-0.2, -0.15) is 0 Å². The largest absolute Gasteiger partial charge is 0.342 e. The maximum atomic E-state index is 4.65. The van der Waals surface area contributed by atoms with E-state index >= 15 is 0 Å². The first-order valence-electron chi connectivity index (χ1n) is 5.79. The molecular weight excluding hydrogens is 184 g/mol. The van der Waals surface area contributed by atoms with Crippen LogP contribution < -0.4 is 0 Å². The normalized spacial score (nSPS) is 18.4. The van der Waals surface area contributed by atoms with Gasteiger partial charge in [-0.1, -0.05) is 25.3 Å². The quantitative estimate of drug-likeness (QED) is 0.749. The molecule has 2 nitrogen and oxygen atoms in total. The molecule has 0 unspecified atom stereocenters. The Hall–Kier alpha value is -1.31. The van der Waals surface area contributed by atoms with Crippen LogP contribution in [0.25, 0.3) is 11.0 Å². The van der Waals surface area contributed by atoms with Crippen LogP contribution in [0.15, 0.2) is 18.2 Å². The lowest BCUT2D eigenvalue weighted by Gasteiger charge is -2.18. The molecule has 77 valence electrons. The van der Waals surface area contributed by atoms with Crippen LogP contribution in [-0.2, 0) is 0 Å². The summed E-state index contributed by atoms with van der Waals surface area (Å²) in [6.45, 7) is 0. The fourth-order valence-corrected chi connectivity index (χ4v) is 2.48. The molecule has 0 amide bonds. The molecule has 0 spiro atoms. The zero-order valence-corrected chi connectivity index (χ0v) is 8.79. The van der Waals surface area contributed by atoms with Gasteiger partial charge in [-0.25, -0.2) is 4.98 Å². The van der Waals surface area contributed by atoms with Crippen molar-refractivity contribution in [2.45, 2.75) is 38.0 Å². The van der Waals surface area contributed by atoms with E-state index in [4.69, 9.17) is 0 Å². The average molecular weight is 199 g/mol. The highest BCUT2D eigenvalue weighted by atomic mass is 14.9. The van der Waals surface area contributed by atoms with Crippen LogP contribution in [0.4, 0.5) is 0 Å². The van der Waals surface area contributed by atoms with Crippen molar-refractivity contribution in [1.29, 1.82) is 0 Å². The molecule has 1 aromatic heterocycles. The van der Waals surface area contributed by atoms with Gasteiger partial charge < -0.3 is 4.98 Å². The van der Waals surface area contributed by atoms with Crippen molar-refractivity contribution in [1.82, 2.24) is 9.97 Å². The zero-order valence-electron chi connectivity index (χ0n) is 8.79. The zero-order chi connectivity index (χ0) is 10.1. The minimum Gasteiger partial charge on any atom is -0.342 e. The van der Waals surface area contributed by atoms with E-state index in [0.29, 0.717) is 5.92 Å². The highest BCUT2D eigenvalue weighted by molar-refractivity contribution is 5.74. The summed E-state index contributed by atoms with van der Waals surface area (Å²) in [7, 11) is 0. The van der Waals surface area contributed by atoms with E-state index in [1.807, 2.05) is 12.1 Å². The molecule has 0 bridgehead atoms. The van der Waals surface area contributed by atoms with Crippen molar-refractivity contribution in [3.05, 3.63) is 30.1 Å². The van der Waals surface area contributed by atoms with Crippen molar-refractivity contribution in [3.63, 3.8) is 0 Å². The van der Waals surface area contributed by atoms with Crippen molar-refractivity contribution >= 4 is 11.0 Å². The number of nitrogens with one attached hydrogen (secondary N) is 1. The molecule has 0 saturated heterocycles. The van der Waals surface area contributed by atoms with Crippen molar-refractivity contribution in [2.75, 3.05) is 0 Å². The topological polar surface area (TPSA) is 28.7 Å². The molecule has 1 aliphatic carbocycles. The molecule has 3 rings (SSSR count). The molecule has 1 saturated carbocycles. The maximum absolute atomic E-state index is 4.65. The Labute approximate surface area is 89.7 Å². The molecule has 1 N–H and O–H groups in total. The highest BCUT2D eigenvalue weighted by Gasteiger charge is 2.18. The third kappa shape index (κ3) is 1.65. The van der Waals surface area contributed by atoms with Gasteiger partial charge in [0.05, 0.1) is 11.0 Å². The van der Waals surface area contributed by atoms with Gasteiger partial charge in [-0.05, 0) is 31.0 Å². The fourth-order valence-electron chi connectivity index (χ4n) is 2.48. The number of fused-ring (bicyclic) bond motifs is 1. The minimum atomic E-state index is 0.658. The third-order valence-electron chi connectivity index (χ3n) is 3.34. The summed E-state index contributed by atoms with van der Waals surface area (Å²) in [6.07, 6.45) is 6.69. The highest BCUT2D eigenvalue weighted by Crippen LogP contribution is 2.31. The summed E-state index contributed by atoms with van der Waals surface area (Å²) in [4.78, 5) is 8.08. The summed E-state index contributed by atoms with van der Waals surface area (Å²) in [5.74, 6) is 1.84. The monoisotopic (exact) mass is 199 g/mol. The molecule has 2 heteroatoms. The number of benzene rings is 1. The summed E-state index contributed by atoms with van der Waals surface area (Å²) in [5, 5.41) is 0. The molecule has 1 heterocycles. The predicted molar refractivity (Wildman–Crippen MR) is 60.8 cm³/mol. The van der Waals surface area contributed by atoms with Crippen molar-refractivity contribution < 1.29 is 0 Å². The molecule has 1 fully saturated rings. The van der Waals surface area contributed by atoms with Gasteiger partial charge in [0.25, 0.3) is 0 Å². The number of aromatic amines is 1. The first-order chi connectivity index (χ1) is 7.43. The molecule has 0 aliphatic heterocycles. The molecule has 1 aromatic carbocycles. The smallest absolute Gasteiger partial charge is 0.110 e. The van der Waals surface area contributed by atoms with Gasteiger partial charge in [0.15, 0.2) is 0 Å². The first-order valence-corrected chi connectivity index (χ1v) is 5.79. The van der Waals surface area contributed by atoms with Gasteiger partial charge in [0, 0.05) is 5.92 Å². The van der Waals surface area contributed by atoms with Gasteiger partial charge in [-0.15, -0.1) is 0 Å². The second-order valence-corrected chi connectivity index (χ2v) is 4.40. The van der Waals surface area contributed by atoms with Crippen LogP contribution in [0.5, 0.6) is 0 Å². The number of nitrogens with zero attached hydrogens (tertiary/aromatic N) is 1. The number of H-pyrrole nitrogens is 1. The van der Waals surface area contributed by atoms with E-state index < -0.39 is 0 Å². The molecule has 2 aromatic rings. The van der Waals surface area contributed by atoms with Crippen LogP contribution in [0.2, 0.25) is 0 Å². The summed E-state index contributed by atoms with van der Waals surface area (Å²) >= 11 is 0. The van der Waals surface area contributed by atoms with Crippen LogP contribution in [-0.4, -0.2) is 9.97 Å². The molecule has 1 aliphatic rings. The van der Waals surface area contributed by atoms with Crippen LogP contribution in [0.3, 0.4) is 0 Å². The Morgan fingerprint density at radius 1 is 1.27 bits per heavy atom. The second-order valence-electron chi connectivity index (χ2n) is 4.40. The standard InChI is InChI=1S/C13H15N2/c1-2-6-10(7-3-1)13-14-11-8-4-5-9-12(11)15-13/h4,8-10H,1-3,6-7H2,(H,14,15). The lowest BCUT2D eigenvalue weighted by molar-refractivity contribution is 0.431. The number of rotatable bonds is 1. The van der Waals surface area contributed by atoms with Gasteiger partial charge in [-0.3, -0.25) is 0 Å². The average Bonchev–Trinajstić information content (AvgIpc) is 2.74. The lowest BCUT2D eigenvalue weighted by Crippen LogP contribution is -2.05. The van der Waals surface area contributed by atoms with Crippen molar-refractivity contribution in [2.24, 2.45) is 0 Å². The fraction of sp³-hybridized carbons (Fsp3) is 0.462. The van der Waals surface area contributed by atoms with E-state index in [-0.39, 0.29) is 0 Å². The summed E-state index contributed by atoms with van der Waals surface area (Å²) in [6, 6.07) is 9.01. The minimum absolute atomic E-state index is 0.658. The number of hydrogen-bond donors (Lipinski definition) is 1. The number of hydrogen-bond acceptors (Lipinski definition) is 1. The van der Waals surface area contributed by atoms with E-state index in [9.17, 15) is 0 Å². The van der Waals surface area contributed by atoms with Gasteiger partial charge in [0.1, 0.15) is 5.82 Å². The number of aromatic nitrogens is 2. The molecular formula is C13H15N2. The van der Waals surface area contributed by atoms with Crippen molar-refractivity contribution in [3.8, 4) is 0 Å². The maximum Gasteiger partial charge on any atom is 0.110 e. The van der Waals surface area contributed by atoms with Gasteiger partial charge >= 0.3 is 0 Å². The van der Waals surface area contributed by atoms with Gasteiger partial charge in [0.2, 0.25) is 0 Å². The third-order valence-corrected chi connectivity index (χ3v) is 3.34. The Morgan fingerprint density at radius 2 is 2.13 bits per heavy atom. The van der Waals surface area contributed by atoms with Crippen LogP contribution in [0.1, 0.15) is 43.8 Å². The van der Waals surface area contributed by atoms with Crippen LogP contribution >= 0.6 is 0 Å². The predicted octanol–water partition coefficient (Wildman–Crippen LogP) is 3.41. The Bertz CT molecular complexity index is 419. The Balaban J connectivity index is 1.96. The molecule has 1 radical (unpaired) electrons. The van der Waals surface area contributed by atoms with E-state index in [0.717, 1.165) is 11.0 Å². The SMILES string of the molecule is [c]1ccc2[nH]c(C3CCCCC3)nc2c1. The Kier molecular flexibility index (Phi) is 2.20. The lowest BCUT2D eigenvalue weighted by atomic mass is 9.89. The van der Waals surface area contributed by atoms with E-state index in [1.165, 1.54) is 37.9 Å². The number of imidazole rings is 1. The Morgan fingerprint density at radius 3 is 2.93 bits per heavy atom. The first kappa shape index (κ1) is 8.96. The molecule has 0 atom stereocenters. The summed E-state index contributed by atoms with van der Waals surface area (Å²) in [5.41, 5.74) is 2.20.